The molecule has 0 fully saturated rings. The Morgan fingerprint density at radius 3 is 2.67 bits per heavy atom. The van der Waals surface area contributed by atoms with Gasteiger partial charge in [-0.05, 0) is 19.1 Å². The van der Waals surface area contributed by atoms with Crippen molar-refractivity contribution < 1.29 is 14.3 Å². The fourth-order valence-corrected chi connectivity index (χ4v) is 1.78. The molecule has 0 aliphatic heterocycles. The number of benzene rings is 1. The minimum Gasteiger partial charge on any atom is -0.465 e. The molecule has 0 aliphatic rings. The van der Waals surface area contributed by atoms with E-state index in [9.17, 15) is 9.59 Å². The number of hydrogen-bond donors (Lipinski definition) is 1. The van der Waals surface area contributed by atoms with Crippen LogP contribution in [0, 0.1) is 0 Å². The Morgan fingerprint density at radius 2 is 2.00 bits per heavy atom. The van der Waals surface area contributed by atoms with E-state index < -0.39 is 5.97 Å². The third kappa shape index (κ3) is 2.18. The summed E-state index contributed by atoms with van der Waals surface area (Å²) < 4.78 is 4.60. The fourth-order valence-electron chi connectivity index (χ4n) is 1.78. The van der Waals surface area contributed by atoms with Crippen molar-refractivity contribution in [1.82, 2.24) is 4.98 Å². The van der Waals surface area contributed by atoms with Gasteiger partial charge in [-0.1, -0.05) is 18.2 Å². The van der Waals surface area contributed by atoms with Gasteiger partial charge in [-0.15, -0.1) is 0 Å². The molecule has 1 aromatic carbocycles. The average molecular weight is 243 g/mol. The number of nitrogens with one attached hydrogen (secondary N) is 1. The first-order valence-corrected chi connectivity index (χ1v) is 5.50. The highest BCUT2D eigenvalue weighted by atomic mass is 16.5. The van der Waals surface area contributed by atoms with Gasteiger partial charge >= 0.3 is 5.97 Å². The molecule has 2 rings (SSSR count). The molecule has 4 nitrogen and oxygen atoms in total. The molecule has 18 heavy (non-hydrogen) atoms. The van der Waals surface area contributed by atoms with Crippen LogP contribution in [0.2, 0.25) is 0 Å². The number of rotatable bonds is 3. The molecule has 0 aliphatic carbocycles. The molecule has 1 heterocycles. The predicted molar refractivity (Wildman–Crippen MR) is 69.0 cm³/mol. The first-order valence-electron chi connectivity index (χ1n) is 5.50. The van der Waals surface area contributed by atoms with Gasteiger partial charge in [0, 0.05) is 22.7 Å². The van der Waals surface area contributed by atoms with Crippen LogP contribution >= 0.6 is 0 Å². The predicted octanol–water partition coefficient (Wildman–Crippen LogP) is 2.31. The number of hydrogen-bond acceptors (Lipinski definition) is 3. The van der Waals surface area contributed by atoms with Crippen LogP contribution in [-0.2, 0) is 14.3 Å². The lowest BCUT2D eigenvalue weighted by atomic mass is 10.1. The Balaban J connectivity index is 2.53. The fraction of sp³-hybridized carbons (Fsp3) is 0.143. The van der Waals surface area contributed by atoms with E-state index in [-0.39, 0.29) is 11.4 Å². The smallest absolute Gasteiger partial charge is 0.341 e. The maximum atomic E-state index is 11.5. The second-order valence-corrected chi connectivity index (χ2v) is 3.90. The zero-order chi connectivity index (χ0) is 13.1. The number of aromatic amines is 1. The van der Waals surface area contributed by atoms with Gasteiger partial charge in [0.1, 0.15) is 5.57 Å². The van der Waals surface area contributed by atoms with Gasteiger partial charge in [0.15, 0.2) is 5.78 Å². The highest BCUT2D eigenvalue weighted by Gasteiger charge is 2.15. The number of esters is 1. The van der Waals surface area contributed by atoms with Gasteiger partial charge in [-0.25, -0.2) is 4.79 Å². The first-order chi connectivity index (χ1) is 8.63. The minimum absolute atomic E-state index is 0.0438. The normalized spacial score (nSPS) is 11.6. The van der Waals surface area contributed by atoms with E-state index in [1.165, 1.54) is 14.0 Å². The summed E-state index contributed by atoms with van der Waals surface area (Å²) in [5.41, 5.74) is 1.79. The first kappa shape index (κ1) is 12.1. The summed E-state index contributed by atoms with van der Waals surface area (Å²) in [5.74, 6) is -0.931. The van der Waals surface area contributed by atoms with Crippen molar-refractivity contribution in [1.29, 1.82) is 0 Å². The van der Waals surface area contributed by atoms with Crippen molar-refractivity contribution >= 4 is 28.7 Å². The van der Waals surface area contributed by atoms with E-state index in [4.69, 9.17) is 0 Å². The largest absolute Gasteiger partial charge is 0.465 e. The summed E-state index contributed by atoms with van der Waals surface area (Å²) >= 11 is 0. The standard InChI is InChI=1S/C14H13NO3/c1-9(16)12(14(17)18-2)7-10-8-15-13-6-4-3-5-11(10)13/h3-8,15H,1-2H3/b12-7+. The van der Waals surface area contributed by atoms with E-state index in [2.05, 4.69) is 9.72 Å². The van der Waals surface area contributed by atoms with E-state index in [1.54, 1.807) is 12.3 Å². The van der Waals surface area contributed by atoms with Crippen LogP contribution in [0.15, 0.2) is 36.0 Å². The zero-order valence-corrected chi connectivity index (χ0v) is 10.2. The Hall–Kier alpha value is -2.36. The van der Waals surface area contributed by atoms with Crippen LogP contribution in [0.3, 0.4) is 0 Å². The third-order valence-electron chi connectivity index (χ3n) is 2.71. The van der Waals surface area contributed by atoms with E-state index >= 15 is 0 Å². The summed E-state index contributed by atoms with van der Waals surface area (Å²) in [4.78, 5) is 26.0. The monoisotopic (exact) mass is 243 g/mol. The van der Waals surface area contributed by atoms with Crippen molar-refractivity contribution in [3.05, 3.63) is 41.6 Å². The van der Waals surface area contributed by atoms with Gasteiger partial charge < -0.3 is 9.72 Å². The SMILES string of the molecule is COC(=O)/C(=C/c1c[nH]c2ccccc12)C(C)=O. The van der Waals surface area contributed by atoms with Gasteiger partial charge in [-0.3, -0.25) is 4.79 Å². The number of carbonyl (C=O) groups excluding carboxylic acids is 2. The average Bonchev–Trinajstić information content (AvgIpc) is 2.78. The Morgan fingerprint density at radius 1 is 1.28 bits per heavy atom. The zero-order valence-electron chi connectivity index (χ0n) is 10.2. The van der Waals surface area contributed by atoms with Crippen LogP contribution in [0.4, 0.5) is 0 Å². The van der Waals surface area contributed by atoms with Crippen molar-refractivity contribution in [2.24, 2.45) is 0 Å². The van der Waals surface area contributed by atoms with Crippen LogP contribution in [0.1, 0.15) is 12.5 Å². The van der Waals surface area contributed by atoms with E-state index in [0.717, 1.165) is 16.5 Å². The van der Waals surface area contributed by atoms with Crippen molar-refractivity contribution in [3.8, 4) is 0 Å². The van der Waals surface area contributed by atoms with E-state index in [1.807, 2.05) is 24.3 Å². The molecule has 4 heteroatoms. The summed E-state index contributed by atoms with van der Waals surface area (Å²) in [6.45, 7) is 1.34. The molecular weight excluding hydrogens is 230 g/mol. The third-order valence-corrected chi connectivity index (χ3v) is 2.71. The molecule has 1 aromatic heterocycles. The second kappa shape index (κ2) is 4.87. The number of carbonyl (C=O) groups is 2. The molecule has 1 N–H and O–H groups in total. The maximum Gasteiger partial charge on any atom is 0.341 e. The Bertz CT molecular complexity index is 637. The van der Waals surface area contributed by atoms with Crippen molar-refractivity contribution in [3.63, 3.8) is 0 Å². The molecule has 0 unspecified atom stereocenters. The lowest BCUT2D eigenvalue weighted by Gasteiger charge is -2.00. The molecule has 92 valence electrons. The number of H-pyrrole nitrogens is 1. The van der Waals surface area contributed by atoms with Gasteiger partial charge in [0.05, 0.1) is 7.11 Å². The summed E-state index contributed by atoms with van der Waals surface area (Å²) in [6.07, 6.45) is 3.31. The molecule has 0 saturated carbocycles. The quantitative estimate of drug-likeness (QED) is 0.389. The molecule has 0 spiro atoms. The van der Waals surface area contributed by atoms with Crippen LogP contribution in [0.5, 0.6) is 0 Å². The van der Waals surface area contributed by atoms with Crippen LogP contribution in [0.25, 0.3) is 17.0 Å². The number of fused-ring (bicyclic) bond motifs is 1. The summed E-state index contributed by atoms with van der Waals surface area (Å²) in [5, 5.41) is 0.958. The van der Waals surface area contributed by atoms with Gasteiger partial charge in [0.2, 0.25) is 0 Å². The summed E-state index contributed by atoms with van der Waals surface area (Å²) in [6, 6.07) is 7.67. The molecule has 0 amide bonds. The lowest BCUT2D eigenvalue weighted by Crippen LogP contribution is -2.11. The Labute approximate surface area is 104 Å². The van der Waals surface area contributed by atoms with E-state index in [0.29, 0.717) is 0 Å². The molecule has 0 radical (unpaired) electrons. The van der Waals surface area contributed by atoms with Crippen LogP contribution in [-0.4, -0.2) is 23.8 Å². The molecule has 0 atom stereocenters. The van der Waals surface area contributed by atoms with Gasteiger partial charge in [-0.2, -0.15) is 0 Å². The number of para-hydroxylation sites is 1. The van der Waals surface area contributed by atoms with Crippen LogP contribution < -0.4 is 0 Å². The maximum absolute atomic E-state index is 11.5. The molecular formula is C14H13NO3. The number of methoxy groups -OCH3 is 1. The highest BCUT2D eigenvalue weighted by molar-refractivity contribution is 6.20. The summed E-state index contributed by atoms with van der Waals surface area (Å²) in [7, 11) is 1.26. The topological polar surface area (TPSA) is 59.2 Å². The lowest BCUT2D eigenvalue weighted by molar-refractivity contribution is -0.137. The second-order valence-electron chi connectivity index (χ2n) is 3.90. The highest BCUT2D eigenvalue weighted by Crippen LogP contribution is 2.20. The molecule has 0 bridgehead atoms. The van der Waals surface area contributed by atoms with Crippen molar-refractivity contribution in [2.75, 3.05) is 7.11 Å². The molecule has 0 saturated heterocycles. The van der Waals surface area contributed by atoms with Gasteiger partial charge in [0.25, 0.3) is 0 Å². The Kier molecular flexibility index (Phi) is 3.28. The molecule has 2 aromatic rings. The minimum atomic E-state index is -0.618. The number of aromatic nitrogens is 1. The number of ketones is 1. The van der Waals surface area contributed by atoms with Crippen molar-refractivity contribution in [2.45, 2.75) is 6.92 Å². The number of Topliss-reactive ketones (excluding diaryl/α,β-unsaturated/α-hetero) is 1. The number of ether oxygens (including phenoxy) is 1.